The van der Waals surface area contributed by atoms with Gasteiger partial charge in [0.15, 0.2) is 0 Å². The second-order valence-corrected chi connectivity index (χ2v) is 6.46. The first-order valence-corrected chi connectivity index (χ1v) is 9.78. The minimum Gasteiger partial charge on any atom is -0.494 e. The Morgan fingerprint density at radius 2 is 1.90 bits per heavy atom. The lowest BCUT2D eigenvalue weighted by molar-refractivity contribution is -0.116. The zero-order valence-electron chi connectivity index (χ0n) is 16.7. The van der Waals surface area contributed by atoms with Crippen LogP contribution < -0.4 is 20.3 Å². The van der Waals surface area contributed by atoms with Crippen molar-refractivity contribution in [3.8, 4) is 11.5 Å². The van der Waals surface area contributed by atoms with Crippen LogP contribution in [0.5, 0.6) is 11.5 Å². The number of anilines is 1. The van der Waals surface area contributed by atoms with Crippen molar-refractivity contribution in [3.05, 3.63) is 58.6 Å². The highest BCUT2D eigenvalue weighted by Gasteiger charge is 2.11. The van der Waals surface area contributed by atoms with E-state index >= 15 is 0 Å². The molecule has 0 unspecified atom stereocenters. The van der Waals surface area contributed by atoms with Crippen LogP contribution in [0, 0.1) is 0 Å². The average molecular weight is 395 g/mol. The predicted octanol–water partition coefficient (Wildman–Crippen LogP) is 3.68. The zero-order valence-corrected chi connectivity index (χ0v) is 16.7. The van der Waals surface area contributed by atoms with Gasteiger partial charge in [0, 0.05) is 18.9 Å². The number of ether oxygens (including phenoxy) is 2. The molecule has 0 spiro atoms. The Balaban J connectivity index is 1.61. The molecule has 1 heterocycles. The summed E-state index contributed by atoms with van der Waals surface area (Å²) < 4.78 is 11.1. The van der Waals surface area contributed by atoms with E-state index in [1.807, 2.05) is 26.0 Å². The Morgan fingerprint density at radius 3 is 2.69 bits per heavy atom. The highest BCUT2D eigenvalue weighted by atomic mass is 16.5. The third-order valence-corrected chi connectivity index (χ3v) is 4.32. The van der Waals surface area contributed by atoms with Gasteiger partial charge in [-0.25, -0.2) is 4.98 Å². The van der Waals surface area contributed by atoms with Crippen molar-refractivity contribution in [2.24, 2.45) is 0 Å². The minimum absolute atomic E-state index is 0.136. The van der Waals surface area contributed by atoms with Crippen molar-refractivity contribution >= 4 is 22.5 Å². The Hall–Kier alpha value is -3.35. The van der Waals surface area contributed by atoms with E-state index in [2.05, 4.69) is 15.3 Å². The van der Waals surface area contributed by atoms with Crippen molar-refractivity contribution in [1.82, 2.24) is 9.97 Å². The van der Waals surface area contributed by atoms with Crippen LogP contribution in [0.1, 0.15) is 32.5 Å². The Bertz CT molecular complexity index is 1050. The molecule has 2 N–H and O–H groups in total. The van der Waals surface area contributed by atoms with E-state index in [1.165, 1.54) is 0 Å². The van der Waals surface area contributed by atoms with Crippen LogP contribution in [0.3, 0.4) is 0 Å². The summed E-state index contributed by atoms with van der Waals surface area (Å²) in [7, 11) is 0. The van der Waals surface area contributed by atoms with E-state index in [0.29, 0.717) is 66.4 Å². The number of nitrogens with zero attached hydrogens (tertiary/aromatic N) is 1. The number of aromatic amines is 1. The SMILES string of the molecule is CCOc1ccc(OCC)c(NC(=O)CCCc2nc3ccccc3c(=O)[nH]2)c1. The van der Waals surface area contributed by atoms with Gasteiger partial charge in [-0.05, 0) is 44.5 Å². The quantitative estimate of drug-likeness (QED) is 0.576. The third-order valence-electron chi connectivity index (χ3n) is 4.32. The van der Waals surface area contributed by atoms with E-state index in [1.54, 1.807) is 30.3 Å². The Labute approximate surface area is 169 Å². The Morgan fingerprint density at radius 1 is 1.10 bits per heavy atom. The van der Waals surface area contributed by atoms with Crippen LogP contribution in [0.15, 0.2) is 47.3 Å². The molecule has 7 nitrogen and oxygen atoms in total. The first kappa shape index (κ1) is 20.4. The van der Waals surface area contributed by atoms with E-state index in [0.717, 1.165) is 0 Å². The molecule has 7 heteroatoms. The number of para-hydroxylation sites is 1. The van der Waals surface area contributed by atoms with Crippen LogP contribution >= 0.6 is 0 Å². The van der Waals surface area contributed by atoms with Gasteiger partial charge in [0.05, 0.1) is 29.8 Å². The number of rotatable bonds is 9. The maximum atomic E-state index is 12.4. The largest absolute Gasteiger partial charge is 0.494 e. The van der Waals surface area contributed by atoms with Crippen molar-refractivity contribution < 1.29 is 14.3 Å². The lowest BCUT2D eigenvalue weighted by Crippen LogP contribution is -2.15. The summed E-state index contributed by atoms with van der Waals surface area (Å²) in [6.45, 7) is 4.83. The molecule has 29 heavy (non-hydrogen) atoms. The summed E-state index contributed by atoms with van der Waals surface area (Å²) >= 11 is 0. The number of carbonyl (C=O) groups is 1. The number of benzene rings is 2. The summed E-state index contributed by atoms with van der Waals surface area (Å²) in [5, 5.41) is 3.45. The van der Waals surface area contributed by atoms with Crippen molar-refractivity contribution in [1.29, 1.82) is 0 Å². The first-order valence-electron chi connectivity index (χ1n) is 9.78. The lowest BCUT2D eigenvalue weighted by atomic mass is 10.2. The smallest absolute Gasteiger partial charge is 0.258 e. The standard InChI is InChI=1S/C22H25N3O4/c1-3-28-15-12-13-19(29-4-2)18(14-15)24-21(26)11-7-10-20-23-17-9-6-5-8-16(17)22(27)25-20/h5-6,8-9,12-14H,3-4,7,10-11H2,1-2H3,(H,24,26)(H,23,25,27). The third kappa shape index (κ3) is 5.34. The average Bonchev–Trinajstić information content (AvgIpc) is 2.70. The van der Waals surface area contributed by atoms with E-state index in [9.17, 15) is 9.59 Å². The number of fused-ring (bicyclic) bond motifs is 1. The van der Waals surface area contributed by atoms with E-state index in [-0.39, 0.29) is 11.5 Å². The summed E-state index contributed by atoms with van der Waals surface area (Å²) in [4.78, 5) is 31.8. The number of hydrogen-bond donors (Lipinski definition) is 2. The van der Waals surface area contributed by atoms with Gasteiger partial charge in [-0.3, -0.25) is 9.59 Å². The van der Waals surface area contributed by atoms with Gasteiger partial charge in [0.1, 0.15) is 17.3 Å². The molecule has 0 aliphatic heterocycles. The van der Waals surface area contributed by atoms with Crippen LogP contribution in [0.4, 0.5) is 5.69 Å². The maximum absolute atomic E-state index is 12.4. The maximum Gasteiger partial charge on any atom is 0.258 e. The van der Waals surface area contributed by atoms with Crippen molar-refractivity contribution in [2.75, 3.05) is 18.5 Å². The van der Waals surface area contributed by atoms with Gasteiger partial charge in [0.2, 0.25) is 5.91 Å². The molecule has 0 aliphatic rings. The van der Waals surface area contributed by atoms with Gasteiger partial charge in [-0.15, -0.1) is 0 Å². The number of carbonyl (C=O) groups excluding carboxylic acids is 1. The zero-order chi connectivity index (χ0) is 20.6. The van der Waals surface area contributed by atoms with Crippen molar-refractivity contribution in [2.45, 2.75) is 33.1 Å². The van der Waals surface area contributed by atoms with Crippen LogP contribution in [0.2, 0.25) is 0 Å². The van der Waals surface area contributed by atoms with Gasteiger partial charge in [-0.1, -0.05) is 12.1 Å². The van der Waals surface area contributed by atoms with Gasteiger partial charge in [-0.2, -0.15) is 0 Å². The van der Waals surface area contributed by atoms with Gasteiger partial charge < -0.3 is 19.8 Å². The molecule has 0 fully saturated rings. The summed E-state index contributed by atoms with van der Waals surface area (Å²) in [6, 6.07) is 12.6. The molecule has 1 aromatic heterocycles. The summed E-state index contributed by atoms with van der Waals surface area (Å²) in [5.74, 6) is 1.71. The molecule has 0 saturated heterocycles. The highest BCUT2D eigenvalue weighted by Crippen LogP contribution is 2.29. The number of H-pyrrole nitrogens is 1. The number of amides is 1. The molecular weight excluding hydrogens is 370 g/mol. The molecule has 0 radical (unpaired) electrons. The molecule has 0 aliphatic carbocycles. The highest BCUT2D eigenvalue weighted by molar-refractivity contribution is 5.92. The Kier molecular flexibility index (Phi) is 6.84. The van der Waals surface area contributed by atoms with Gasteiger partial charge >= 0.3 is 0 Å². The van der Waals surface area contributed by atoms with Crippen LogP contribution in [-0.4, -0.2) is 29.1 Å². The fourth-order valence-corrected chi connectivity index (χ4v) is 3.03. The predicted molar refractivity (Wildman–Crippen MR) is 113 cm³/mol. The topological polar surface area (TPSA) is 93.3 Å². The first-order chi connectivity index (χ1) is 14.1. The van der Waals surface area contributed by atoms with Gasteiger partial charge in [0.25, 0.3) is 5.56 Å². The molecule has 3 aromatic rings. The summed E-state index contributed by atoms with van der Waals surface area (Å²) in [5.41, 5.74) is 1.08. The number of aryl methyl sites for hydroxylation is 1. The fourth-order valence-electron chi connectivity index (χ4n) is 3.03. The molecule has 1 amide bonds. The van der Waals surface area contributed by atoms with Crippen LogP contribution in [-0.2, 0) is 11.2 Å². The second kappa shape index (κ2) is 9.73. The van der Waals surface area contributed by atoms with Crippen molar-refractivity contribution in [3.63, 3.8) is 0 Å². The molecule has 0 atom stereocenters. The fraction of sp³-hybridized carbons (Fsp3) is 0.318. The molecule has 2 aromatic carbocycles. The molecule has 0 bridgehead atoms. The van der Waals surface area contributed by atoms with E-state index in [4.69, 9.17) is 9.47 Å². The lowest BCUT2D eigenvalue weighted by Gasteiger charge is -2.13. The monoisotopic (exact) mass is 395 g/mol. The van der Waals surface area contributed by atoms with Crippen LogP contribution in [0.25, 0.3) is 10.9 Å². The molecule has 152 valence electrons. The molecular formula is C22H25N3O4. The second-order valence-electron chi connectivity index (χ2n) is 6.46. The molecule has 0 saturated carbocycles. The minimum atomic E-state index is -0.163. The number of hydrogen-bond acceptors (Lipinski definition) is 5. The number of aromatic nitrogens is 2. The van der Waals surface area contributed by atoms with E-state index < -0.39 is 0 Å². The number of nitrogens with one attached hydrogen (secondary N) is 2. The summed E-state index contributed by atoms with van der Waals surface area (Å²) in [6.07, 6.45) is 1.36. The normalized spacial score (nSPS) is 10.7. The molecule has 3 rings (SSSR count).